The van der Waals surface area contributed by atoms with Crippen molar-refractivity contribution in [3.63, 3.8) is 0 Å². The smallest absolute Gasteiger partial charge is 0.166 e. The molecule has 0 N–H and O–H groups in total. The summed E-state index contributed by atoms with van der Waals surface area (Å²) in [6.07, 6.45) is 6.63. The second-order valence-corrected chi connectivity index (χ2v) is 4.35. The first-order valence-electron chi connectivity index (χ1n) is 5.82. The number of benzene rings is 1. The average molecular weight is 222 g/mol. The lowest BCUT2D eigenvalue weighted by Crippen LogP contribution is -2.04. The molecule has 1 aliphatic carbocycles. The van der Waals surface area contributed by atoms with Gasteiger partial charge < -0.3 is 0 Å². The molecule has 83 valence electrons. The lowest BCUT2D eigenvalue weighted by atomic mass is 9.97. The first kappa shape index (κ1) is 10.2. The number of carbonyl (C=O) groups excluding carboxylic acids is 1. The maximum Gasteiger partial charge on any atom is 0.166 e. The quantitative estimate of drug-likeness (QED) is 0.747. The van der Waals surface area contributed by atoms with Gasteiger partial charge in [-0.1, -0.05) is 30.3 Å². The first-order valence-corrected chi connectivity index (χ1v) is 5.82. The van der Waals surface area contributed by atoms with Crippen LogP contribution in [-0.2, 0) is 0 Å². The number of hydrogen-bond acceptors (Lipinski definition) is 2. The van der Waals surface area contributed by atoms with E-state index >= 15 is 0 Å². The summed E-state index contributed by atoms with van der Waals surface area (Å²) in [6.45, 7) is 0. The van der Waals surface area contributed by atoms with Gasteiger partial charge in [0, 0.05) is 23.2 Å². The Morgan fingerprint density at radius 2 is 1.94 bits per heavy atom. The fraction of sp³-hybridized carbons (Fsp3) is 0.200. The topological polar surface area (TPSA) is 30.0 Å². The zero-order chi connectivity index (χ0) is 11.7. The molecule has 0 saturated heterocycles. The molecule has 0 aliphatic heterocycles. The maximum absolute atomic E-state index is 12.2. The Morgan fingerprint density at radius 3 is 2.65 bits per heavy atom. The van der Waals surface area contributed by atoms with Gasteiger partial charge in [0.15, 0.2) is 5.78 Å². The predicted molar refractivity (Wildman–Crippen MR) is 65.6 cm³/mol. The number of ketones is 1. The molecule has 0 spiro atoms. The lowest BCUT2D eigenvalue weighted by molar-refractivity contribution is 0.0968. The molecule has 0 atom stereocenters. The van der Waals surface area contributed by atoms with Crippen molar-refractivity contribution in [2.45, 2.75) is 12.8 Å². The zero-order valence-corrected chi connectivity index (χ0v) is 9.39. The van der Waals surface area contributed by atoms with Crippen molar-refractivity contribution in [3.05, 3.63) is 54.4 Å². The van der Waals surface area contributed by atoms with Crippen LogP contribution in [-0.4, -0.2) is 10.8 Å². The Kier molecular flexibility index (Phi) is 2.48. The third kappa shape index (κ3) is 1.98. The second-order valence-electron chi connectivity index (χ2n) is 4.35. The number of Topliss-reactive ketones (excluding diaryl/α,β-unsaturated/α-hetero) is 1. The summed E-state index contributed by atoms with van der Waals surface area (Å²) in [5.41, 5.74) is 2.59. The average Bonchev–Trinajstić information content (AvgIpc) is 3.23. The molecule has 1 heterocycles. The van der Waals surface area contributed by atoms with Crippen LogP contribution >= 0.6 is 0 Å². The van der Waals surface area contributed by atoms with Crippen LogP contribution in [0.25, 0.3) is 11.1 Å². The van der Waals surface area contributed by atoms with Gasteiger partial charge in [0.2, 0.25) is 0 Å². The number of aromatic nitrogens is 1. The minimum Gasteiger partial charge on any atom is -0.294 e. The SMILES string of the molecule is O=C(c1ccn[c]c1-c1ccccc1)C1CC1. The zero-order valence-electron chi connectivity index (χ0n) is 9.39. The maximum atomic E-state index is 12.2. The predicted octanol–water partition coefficient (Wildman–Crippen LogP) is 3.14. The largest absolute Gasteiger partial charge is 0.294 e. The molecular formula is C15H12NO. The van der Waals surface area contributed by atoms with Gasteiger partial charge >= 0.3 is 0 Å². The summed E-state index contributed by atoms with van der Waals surface area (Å²) in [7, 11) is 0. The summed E-state index contributed by atoms with van der Waals surface area (Å²) in [4.78, 5) is 16.2. The monoisotopic (exact) mass is 222 g/mol. The molecule has 1 aromatic heterocycles. The highest BCUT2D eigenvalue weighted by atomic mass is 16.1. The number of nitrogens with zero attached hydrogens (tertiary/aromatic N) is 1. The Bertz CT molecular complexity index is 544. The van der Waals surface area contributed by atoms with Crippen LogP contribution < -0.4 is 0 Å². The standard InChI is InChI=1S/C15H12NO/c17-15(12-6-7-12)13-8-9-16-10-14(13)11-4-2-1-3-5-11/h1-5,8-9,12H,6-7H2. The number of rotatable bonds is 3. The highest BCUT2D eigenvalue weighted by molar-refractivity contribution is 6.04. The van der Waals surface area contributed by atoms with Gasteiger partial charge in [-0.15, -0.1) is 0 Å². The van der Waals surface area contributed by atoms with Gasteiger partial charge in [-0.2, -0.15) is 0 Å². The fourth-order valence-electron chi connectivity index (χ4n) is 1.95. The molecule has 17 heavy (non-hydrogen) atoms. The minimum absolute atomic E-state index is 0.230. The molecule has 1 aromatic carbocycles. The fourth-order valence-corrected chi connectivity index (χ4v) is 1.95. The van der Waals surface area contributed by atoms with Crippen molar-refractivity contribution < 1.29 is 4.79 Å². The van der Waals surface area contributed by atoms with Gasteiger partial charge in [0.05, 0.1) is 6.20 Å². The van der Waals surface area contributed by atoms with Crippen LogP contribution in [0.15, 0.2) is 42.6 Å². The molecule has 1 fully saturated rings. The molecular weight excluding hydrogens is 210 g/mol. The molecule has 1 aliphatic rings. The normalized spacial score (nSPS) is 14.6. The third-order valence-corrected chi connectivity index (χ3v) is 3.04. The van der Waals surface area contributed by atoms with E-state index in [1.54, 1.807) is 12.3 Å². The van der Waals surface area contributed by atoms with Crippen molar-refractivity contribution in [2.24, 2.45) is 5.92 Å². The van der Waals surface area contributed by atoms with E-state index in [-0.39, 0.29) is 11.7 Å². The van der Waals surface area contributed by atoms with Crippen LogP contribution in [0.2, 0.25) is 0 Å². The highest BCUT2D eigenvalue weighted by Crippen LogP contribution is 2.35. The van der Waals surface area contributed by atoms with Crippen LogP contribution in [0, 0.1) is 12.1 Å². The van der Waals surface area contributed by atoms with Gasteiger partial charge in [-0.25, -0.2) is 0 Å². The van der Waals surface area contributed by atoms with E-state index in [0.717, 1.165) is 29.5 Å². The Morgan fingerprint density at radius 1 is 1.18 bits per heavy atom. The lowest BCUT2D eigenvalue weighted by Gasteiger charge is -2.06. The molecule has 0 unspecified atom stereocenters. The summed E-state index contributed by atoms with van der Waals surface area (Å²) in [5.74, 6) is 0.468. The molecule has 1 radical (unpaired) electrons. The molecule has 2 aromatic rings. The van der Waals surface area contributed by atoms with Crippen LogP contribution in [0.1, 0.15) is 23.2 Å². The Balaban J connectivity index is 2.07. The molecule has 2 heteroatoms. The van der Waals surface area contributed by atoms with E-state index in [0.29, 0.717) is 0 Å². The van der Waals surface area contributed by atoms with Gasteiger partial charge in [0.1, 0.15) is 0 Å². The second kappa shape index (κ2) is 4.13. The third-order valence-electron chi connectivity index (χ3n) is 3.04. The van der Waals surface area contributed by atoms with E-state index in [2.05, 4.69) is 11.2 Å². The number of hydrogen-bond donors (Lipinski definition) is 0. The number of carbonyl (C=O) groups is 1. The van der Waals surface area contributed by atoms with E-state index in [9.17, 15) is 4.79 Å². The van der Waals surface area contributed by atoms with Crippen molar-refractivity contribution >= 4 is 5.78 Å². The Hall–Kier alpha value is -1.96. The van der Waals surface area contributed by atoms with Crippen LogP contribution in [0.3, 0.4) is 0 Å². The van der Waals surface area contributed by atoms with Crippen molar-refractivity contribution in [1.29, 1.82) is 0 Å². The summed E-state index contributed by atoms with van der Waals surface area (Å²) in [6, 6.07) is 11.7. The van der Waals surface area contributed by atoms with Crippen molar-refractivity contribution in [3.8, 4) is 11.1 Å². The first-order chi connectivity index (χ1) is 8.36. The number of pyridine rings is 1. The highest BCUT2D eigenvalue weighted by Gasteiger charge is 2.31. The van der Waals surface area contributed by atoms with Gasteiger partial charge in [-0.3, -0.25) is 9.78 Å². The Labute approximate surface area is 100 Å². The van der Waals surface area contributed by atoms with E-state index in [4.69, 9.17) is 0 Å². The van der Waals surface area contributed by atoms with Crippen molar-refractivity contribution in [1.82, 2.24) is 4.98 Å². The summed E-state index contributed by atoms with van der Waals surface area (Å²) >= 11 is 0. The molecule has 0 bridgehead atoms. The molecule has 0 amide bonds. The van der Waals surface area contributed by atoms with Crippen molar-refractivity contribution in [2.75, 3.05) is 0 Å². The van der Waals surface area contributed by atoms with Crippen LogP contribution in [0.5, 0.6) is 0 Å². The summed E-state index contributed by atoms with van der Waals surface area (Å²) < 4.78 is 0. The van der Waals surface area contributed by atoms with E-state index in [1.165, 1.54) is 0 Å². The minimum atomic E-state index is 0.230. The van der Waals surface area contributed by atoms with E-state index in [1.807, 2.05) is 30.3 Å². The van der Waals surface area contributed by atoms with Gasteiger partial charge in [0.25, 0.3) is 0 Å². The molecule has 1 saturated carbocycles. The summed E-state index contributed by atoms with van der Waals surface area (Å²) in [5, 5.41) is 0. The van der Waals surface area contributed by atoms with Gasteiger partial charge in [-0.05, 0) is 24.5 Å². The van der Waals surface area contributed by atoms with E-state index < -0.39 is 0 Å². The molecule has 2 nitrogen and oxygen atoms in total. The van der Waals surface area contributed by atoms with Crippen LogP contribution in [0.4, 0.5) is 0 Å². The molecule has 3 rings (SSSR count).